The molecule has 0 N–H and O–H groups in total. The van der Waals surface area contributed by atoms with Gasteiger partial charge >= 0.3 is 0 Å². The van der Waals surface area contributed by atoms with Crippen LogP contribution in [0.4, 0.5) is 0 Å². The minimum atomic E-state index is -3.06. The van der Waals surface area contributed by atoms with Crippen LogP contribution in [0.15, 0.2) is 23.5 Å². The molecule has 116 valence electrons. The zero-order chi connectivity index (χ0) is 15.6. The van der Waals surface area contributed by atoms with Crippen molar-refractivity contribution in [2.75, 3.05) is 18.1 Å². The number of oxazole rings is 1. The van der Waals surface area contributed by atoms with Gasteiger partial charge in [-0.25, -0.2) is 13.4 Å². The van der Waals surface area contributed by atoms with E-state index in [1.807, 2.05) is 13.8 Å². The van der Waals surface area contributed by atoms with Crippen LogP contribution in [0, 0.1) is 0 Å². The average Bonchev–Trinajstić information content (AvgIpc) is 3.01. The Morgan fingerprint density at radius 1 is 1.62 bits per heavy atom. The molecule has 0 saturated carbocycles. The highest BCUT2D eigenvalue weighted by molar-refractivity contribution is 7.91. The second kappa shape index (κ2) is 6.01. The topological polar surface area (TPSA) is 80.5 Å². The molecule has 21 heavy (non-hydrogen) atoms. The van der Waals surface area contributed by atoms with Gasteiger partial charge in [0.25, 0.3) is 5.91 Å². The lowest BCUT2D eigenvalue weighted by atomic mass is 10.1. The first kappa shape index (κ1) is 15.8. The number of amides is 1. The van der Waals surface area contributed by atoms with Crippen molar-refractivity contribution < 1.29 is 17.6 Å². The lowest BCUT2D eigenvalue weighted by molar-refractivity contribution is 0.0712. The van der Waals surface area contributed by atoms with Crippen molar-refractivity contribution in [3.8, 4) is 0 Å². The molecular weight excluding hydrogens is 292 g/mol. The second-order valence-electron chi connectivity index (χ2n) is 5.52. The van der Waals surface area contributed by atoms with E-state index in [1.165, 1.54) is 11.3 Å². The maximum absolute atomic E-state index is 12.7. The van der Waals surface area contributed by atoms with Gasteiger partial charge < -0.3 is 9.32 Å². The molecule has 0 radical (unpaired) electrons. The third-order valence-electron chi connectivity index (χ3n) is 3.56. The predicted molar refractivity (Wildman–Crippen MR) is 78.9 cm³/mol. The van der Waals surface area contributed by atoms with Crippen LogP contribution in [0.25, 0.3) is 0 Å². The summed E-state index contributed by atoms with van der Waals surface area (Å²) in [7, 11) is -3.06. The molecule has 0 unspecified atom stereocenters. The van der Waals surface area contributed by atoms with Crippen LogP contribution in [-0.2, 0) is 9.84 Å². The SMILES string of the molecule is C=CCN(C(=O)c1ncoc1C(C)C)[C@H]1CCS(=O)(=O)C1. The summed E-state index contributed by atoms with van der Waals surface area (Å²) in [5, 5.41) is 0. The highest BCUT2D eigenvalue weighted by atomic mass is 32.2. The number of aromatic nitrogens is 1. The quantitative estimate of drug-likeness (QED) is 0.772. The smallest absolute Gasteiger partial charge is 0.276 e. The predicted octanol–water partition coefficient (Wildman–Crippen LogP) is 1.61. The number of carbonyl (C=O) groups excluding carboxylic acids is 1. The Hall–Kier alpha value is -1.63. The maximum Gasteiger partial charge on any atom is 0.276 e. The highest BCUT2D eigenvalue weighted by Gasteiger charge is 2.36. The van der Waals surface area contributed by atoms with E-state index in [2.05, 4.69) is 11.6 Å². The lowest BCUT2D eigenvalue weighted by Crippen LogP contribution is -2.41. The van der Waals surface area contributed by atoms with E-state index in [0.29, 0.717) is 18.7 Å². The van der Waals surface area contributed by atoms with Crippen LogP contribution in [0.5, 0.6) is 0 Å². The minimum Gasteiger partial charge on any atom is -0.447 e. The molecule has 1 aliphatic heterocycles. The summed E-state index contributed by atoms with van der Waals surface area (Å²) in [6.45, 7) is 7.76. The van der Waals surface area contributed by atoms with Gasteiger partial charge in [0.05, 0.1) is 11.5 Å². The molecule has 1 aliphatic rings. The molecule has 0 aromatic carbocycles. The summed E-state index contributed by atoms with van der Waals surface area (Å²) in [6, 6.07) is -0.322. The van der Waals surface area contributed by atoms with Crippen molar-refractivity contribution in [2.45, 2.75) is 32.2 Å². The van der Waals surface area contributed by atoms with Crippen molar-refractivity contribution >= 4 is 15.7 Å². The van der Waals surface area contributed by atoms with Crippen molar-refractivity contribution in [3.63, 3.8) is 0 Å². The van der Waals surface area contributed by atoms with Gasteiger partial charge in [0.1, 0.15) is 5.76 Å². The fourth-order valence-electron chi connectivity index (χ4n) is 2.52. The Balaban J connectivity index is 2.28. The van der Waals surface area contributed by atoms with E-state index in [-0.39, 0.29) is 35.1 Å². The molecule has 1 amide bonds. The van der Waals surface area contributed by atoms with Crippen LogP contribution < -0.4 is 0 Å². The van der Waals surface area contributed by atoms with Crippen LogP contribution in [0.1, 0.15) is 42.4 Å². The largest absolute Gasteiger partial charge is 0.447 e. The monoisotopic (exact) mass is 312 g/mol. The molecule has 1 atom stereocenters. The average molecular weight is 312 g/mol. The molecule has 1 aromatic rings. The first-order valence-electron chi connectivity index (χ1n) is 6.91. The third kappa shape index (κ3) is 3.34. The van der Waals surface area contributed by atoms with Crippen LogP contribution in [0.2, 0.25) is 0 Å². The minimum absolute atomic E-state index is 0.00143. The molecule has 0 spiro atoms. The summed E-state index contributed by atoms with van der Waals surface area (Å²) < 4.78 is 28.5. The van der Waals surface area contributed by atoms with E-state index in [0.717, 1.165) is 0 Å². The zero-order valence-corrected chi connectivity index (χ0v) is 13.1. The standard InChI is InChI=1S/C14H20N2O4S/c1-4-6-16(11-5-7-21(18,19)8-11)14(17)12-13(10(2)3)20-9-15-12/h4,9-11H,1,5-8H2,2-3H3/t11-/m0/s1. The van der Waals surface area contributed by atoms with E-state index < -0.39 is 9.84 Å². The first-order valence-corrected chi connectivity index (χ1v) is 8.73. The number of hydrogen-bond donors (Lipinski definition) is 0. The summed E-state index contributed by atoms with van der Waals surface area (Å²) in [5.41, 5.74) is 0.260. The van der Waals surface area contributed by atoms with Gasteiger partial charge in [-0.05, 0) is 6.42 Å². The Morgan fingerprint density at radius 3 is 2.86 bits per heavy atom. The number of hydrogen-bond acceptors (Lipinski definition) is 5. The van der Waals surface area contributed by atoms with E-state index in [1.54, 1.807) is 6.08 Å². The van der Waals surface area contributed by atoms with Gasteiger partial charge in [0, 0.05) is 18.5 Å². The lowest BCUT2D eigenvalue weighted by Gasteiger charge is -2.26. The summed E-state index contributed by atoms with van der Waals surface area (Å²) >= 11 is 0. The van der Waals surface area contributed by atoms with Crippen LogP contribution in [-0.4, -0.2) is 48.3 Å². The second-order valence-corrected chi connectivity index (χ2v) is 7.75. The summed E-state index contributed by atoms with van der Waals surface area (Å²) in [4.78, 5) is 18.2. The molecule has 6 nitrogen and oxygen atoms in total. The fourth-order valence-corrected chi connectivity index (χ4v) is 4.25. The van der Waals surface area contributed by atoms with Crippen LogP contribution >= 0.6 is 0 Å². The molecule has 1 fully saturated rings. The number of sulfone groups is 1. The maximum atomic E-state index is 12.7. The van der Waals surface area contributed by atoms with Gasteiger partial charge in [0.15, 0.2) is 21.9 Å². The van der Waals surface area contributed by atoms with Gasteiger partial charge in [-0.2, -0.15) is 0 Å². The highest BCUT2D eigenvalue weighted by Crippen LogP contribution is 2.23. The Kier molecular flexibility index (Phi) is 4.51. The van der Waals surface area contributed by atoms with Crippen molar-refractivity contribution in [1.29, 1.82) is 0 Å². The van der Waals surface area contributed by atoms with Gasteiger partial charge in [-0.3, -0.25) is 4.79 Å². The van der Waals surface area contributed by atoms with Crippen molar-refractivity contribution in [2.24, 2.45) is 0 Å². The molecular formula is C14H20N2O4S. The third-order valence-corrected chi connectivity index (χ3v) is 5.31. The van der Waals surface area contributed by atoms with E-state index >= 15 is 0 Å². The normalized spacial score (nSPS) is 20.6. The Bertz CT molecular complexity index is 633. The number of nitrogens with zero attached hydrogens (tertiary/aromatic N) is 2. The molecule has 7 heteroatoms. The summed E-state index contributed by atoms with van der Waals surface area (Å²) in [6.07, 6.45) is 3.30. The summed E-state index contributed by atoms with van der Waals surface area (Å²) in [5.74, 6) is 0.379. The van der Waals surface area contributed by atoms with E-state index in [4.69, 9.17) is 4.42 Å². The van der Waals surface area contributed by atoms with Crippen molar-refractivity contribution in [1.82, 2.24) is 9.88 Å². The number of rotatable bonds is 5. The molecule has 0 aliphatic carbocycles. The first-order chi connectivity index (χ1) is 9.85. The molecule has 2 rings (SSSR count). The van der Waals surface area contributed by atoms with Crippen LogP contribution in [0.3, 0.4) is 0 Å². The van der Waals surface area contributed by atoms with Gasteiger partial charge in [-0.1, -0.05) is 19.9 Å². The molecule has 1 saturated heterocycles. The molecule has 0 bridgehead atoms. The number of carbonyl (C=O) groups is 1. The molecule has 1 aromatic heterocycles. The zero-order valence-electron chi connectivity index (χ0n) is 12.3. The Morgan fingerprint density at radius 2 is 2.33 bits per heavy atom. The van der Waals surface area contributed by atoms with Gasteiger partial charge in [0.2, 0.25) is 0 Å². The van der Waals surface area contributed by atoms with Gasteiger partial charge in [-0.15, -0.1) is 6.58 Å². The molecule has 2 heterocycles. The van der Waals surface area contributed by atoms with Crippen molar-refractivity contribution in [3.05, 3.63) is 30.5 Å². The van der Waals surface area contributed by atoms with E-state index in [9.17, 15) is 13.2 Å². The Labute approximate surface area is 124 Å². The fraction of sp³-hybridized carbons (Fsp3) is 0.571.